The first-order chi connectivity index (χ1) is 7.60. The van der Waals surface area contributed by atoms with Crippen LogP contribution in [0.25, 0.3) is 0 Å². The SMILES string of the molecule is Cc1nc(CNC(=O)C2(C)CCNC2)cs1. The molecule has 1 amide bonds. The molecule has 0 saturated carbocycles. The lowest BCUT2D eigenvalue weighted by molar-refractivity contribution is -0.129. The molecule has 1 aliphatic heterocycles. The van der Waals surface area contributed by atoms with Gasteiger partial charge in [0.1, 0.15) is 0 Å². The van der Waals surface area contributed by atoms with Crippen molar-refractivity contribution in [3.05, 3.63) is 16.1 Å². The molecular weight excluding hydrogens is 222 g/mol. The molecule has 1 atom stereocenters. The van der Waals surface area contributed by atoms with Crippen molar-refractivity contribution in [2.24, 2.45) is 5.41 Å². The van der Waals surface area contributed by atoms with E-state index in [9.17, 15) is 4.79 Å². The molecule has 2 rings (SSSR count). The Bertz CT molecular complexity index is 382. The number of hydrogen-bond acceptors (Lipinski definition) is 4. The summed E-state index contributed by atoms with van der Waals surface area (Å²) in [5.41, 5.74) is 0.704. The maximum atomic E-state index is 12.0. The van der Waals surface area contributed by atoms with Crippen LogP contribution in [0.4, 0.5) is 0 Å². The zero-order valence-corrected chi connectivity index (χ0v) is 10.5. The molecule has 0 bridgehead atoms. The van der Waals surface area contributed by atoms with Crippen LogP contribution in [0.3, 0.4) is 0 Å². The summed E-state index contributed by atoms with van der Waals surface area (Å²) in [6, 6.07) is 0. The van der Waals surface area contributed by atoms with Gasteiger partial charge in [-0.15, -0.1) is 11.3 Å². The average molecular weight is 239 g/mol. The summed E-state index contributed by atoms with van der Waals surface area (Å²) in [5, 5.41) is 9.21. The van der Waals surface area contributed by atoms with Gasteiger partial charge in [-0.2, -0.15) is 0 Å². The van der Waals surface area contributed by atoms with Gasteiger partial charge in [-0.05, 0) is 26.8 Å². The largest absolute Gasteiger partial charge is 0.350 e. The van der Waals surface area contributed by atoms with E-state index in [0.29, 0.717) is 6.54 Å². The fourth-order valence-electron chi connectivity index (χ4n) is 1.88. The topological polar surface area (TPSA) is 54.0 Å². The van der Waals surface area contributed by atoms with Crippen LogP contribution >= 0.6 is 11.3 Å². The minimum Gasteiger partial charge on any atom is -0.350 e. The van der Waals surface area contributed by atoms with Crippen LogP contribution in [0, 0.1) is 12.3 Å². The van der Waals surface area contributed by atoms with Crippen LogP contribution in [0.15, 0.2) is 5.38 Å². The molecule has 1 aliphatic rings. The molecule has 1 aromatic rings. The van der Waals surface area contributed by atoms with Crippen molar-refractivity contribution in [2.75, 3.05) is 13.1 Å². The Hall–Kier alpha value is -0.940. The first kappa shape index (κ1) is 11.5. The first-order valence-electron chi connectivity index (χ1n) is 5.50. The van der Waals surface area contributed by atoms with Crippen molar-refractivity contribution >= 4 is 17.2 Å². The minimum atomic E-state index is -0.245. The summed E-state index contributed by atoms with van der Waals surface area (Å²) in [7, 11) is 0. The maximum Gasteiger partial charge on any atom is 0.227 e. The highest BCUT2D eigenvalue weighted by atomic mass is 32.1. The number of amides is 1. The number of aryl methyl sites for hydroxylation is 1. The van der Waals surface area contributed by atoms with Gasteiger partial charge in [-0.3, -0.25) is 4.79 Å². The second kappa shape index (κ2) is 4.51. The van der Waals surface area contributed by atoms with Crippen molar-refractivity contribution in [2.45, 2.75) is 26.8 Å². The first-order valence-corrected chi connectivity index (χ1v) is 6.38. The van der Waals surface area contributed by atoms with Gasteiger partial charge in [0.25, 0.3) is 0 Å². The molecule has 2 heterocycles. The molecule has 1 unspecified atom stereocenters. The summed E-state index contributed by atoms with van der Waals surface area (Å²) in [6.45, 7) is 6.22. The van der Waals surface area contributed by atoms with E-state index in [1.165, 1.54) is 0 Å². The number of nitrogens with zero attached hydrogens (tertiary/aromatic N) is 1. The van der Waals surface area contributed by atoms with Crippen LogP contribution in [0.1, 0.15) is 24.0 Å². The Labute approximate surface area is 99.5 Å². The number of aromatic nitrogens is 1. The van der Waals surface area contributed by atoms with Crippen molar-refractivity contribution < 1.29 is 4.79 Å². The van der Waals surface area contributed by atoms with E-state index in [1.807, 2.05) is 19.2 Å². The van der Waals surface area contributed by atoms with Crippen LogP contribution in [-0.4, -0.2) is 24.0 Å². The van der Waals surface area contributed by atoms with E-state index < -0.39 is 0 Å². The van der Waals surface area contributed by atoms with Crippen molar-refractivity contribution in [3.63, 3.8) is 0 Å². The van der Waals surface area contributed by atoms with Crippen molar-refractivity contribution in [1.29, 1.82) is 0 Å². The third-order valence-corrected chi connectivity index (χ3v) is 3.84. The average Bonchev–Trinajstić information content (AvgIpc) is 2.85. The molecule has 0 spiro atoms. The Morgan fingerprint density at radius 1 is 1.75 bits per heavy atom. The zero-order chi connectivity index (χ0) is 11.6. The lowest BCUT2D eigenvalue weighted by Crippen LogP contribution is -2.40. The fourth-order valence-corrected chi connectivity index (χ4v) is 2.50. The molecule has 4 nitrogen and oxygen atoms in total. The molecule has 0 aromatic carbocycles. The van der Waals surface area contributed by atoms with Gasteiger partial charge in [-0.1, -0.05) is 0 Å². The van der Waals surface area contributed by atoms with Gasteiger partial charge in [0.2, 0.25) is 5.91 Å². The molecule has 1 fully saturated rings. The standard InChI is InChI=1S/C11H17N3OS/c1-8-14-9(6-16-8)5-13-10(15)11(2)3-4-12-7-11/h6,12H,3-5,7H2,1-2H3,(H,13,15). The van der Waals surface area contributed by atoms with Crippen LogP contribution in [0.2, 0.25) is 0 Å². The normalized spacial score (nSPS) is 24.6. The van der Waals surface area contributed by atoms with Gasteiger partial charge in [0.05, 0.1) is 22.7 Å². The van der Waals surface area contributed by atoms with Crippen LogP contribution in [0.5, 0.6) is 0 Å². The quantitative estimate of drug-likeness (QED) is 0.829. The number of nitrogens with one attached hydrogen (secondary N) is 2. The monoisotopic (exact) mass is 239 g/mol. The van der Waals surface area contributed by atoms with Gasteiger partial charge in [0.15, 0.2) is 0 Å². The molecule has 5 heteroatoms. The Balaban J connectivity index is 1.88. The summed E-state index contributed by atoms with van der Waals surface area (Å²) in [4.78, 5) is 16.3. The predicted molar refractivity (Wildman–Crippen MR) is 64.3 cm³/mol. The molecule has 0 aliphatic carbocycles. The highest BCUT2D eigenvalue weighted by molar-refractivity contribution is 7.09. The number of hydrogen-bond donors (Lipinski definition) is 2. The summed E-state index contributed by atoms with van der Waals surface area (Å²) in [5.74, 6) is 0.128. The Kier molecular flexibility index (Phi) is 3.25. The fraction of sp³-hybridized carbons (Fsp3) is 0.636. The molecule has 16 heavy (non-hydrogen) atoms. The lowest BCUT2D eigenvalue weighted by Gasteiger charge is -2.20. The summed E-state index contributed by atoms with van der Waals surface area (Å²) >= 11 is 1.61. The number of rotatable bonds is 3. The van der Waals surface area contributed by atoms with Crippen molar-refractivity contribution in [3.8, 4) is 0 Å². The van der Waals surface area contributed by atoms with Gasteiger partial charge in [0, 0.05) is 11.9 Å². The van der Waals surface area contributed by atoms with E-state index in [2.05, 4.69) is 15.6 Å². The summed E-state index contributed by atoms with van der Waals surface area (Å²) in [6.07, 6.45) is 0.912. The number of thiazole rings is 1. The van der Waals surface area contributed by atoms with E-state index in [1.54, 1.807) is 11.3 Å². The van der Waals surface area contributed by atoms with Gasteiger partial charge >= 0.3 is 0 Å². The highest BCUT2D eigenvalue weighted by Crippen LogP contribution is 2.24. The van der Waals surface area contributed by atoms with E-state index in [4.69, 9.17) is 0 Å². The maximum absolute atomic E-state index is 12.0. The second-order valence-corrected chi connectivity index (χ2v) is 5.59. The second-order valence-electron chi connectivity index (χ2n) is 4.53. The Morgan fingerprint density at radius 3 is 3.12 bits per heavy atom. The number of carbonyl (C=O) groups is 1. The lowest BCUT2D eigenvalue weighted by atomic mass is 9.89. The summed E-state index contributed by atoms with van der Waals surface area (Å²) < 4.78 is 0. The van der Waals surface area contributed by atoms with Crippen LogP contribution < -0.4 is 10.6 Å². The minimum absolute atomic E-state index is 0.128. The molecule has 1 aromatic heterocycles. The molecule has 2 N–H and O–H groups in total. The van der Waals surface area contributed by atoms with Gasteiger partial charge < -0.3 is 10.6 Å². The van der Waals surface area contributed by atoms with Crippen molar-refractivity contribution in [1.82, 2.24) is 15.6 Å². The predicted octanol–water partition coefficient (Wildman–Crippen LogP) is 1.07. The van der Waals surface area contributed by atoms with Crippen LogP contribution in [-0.2, 0) is 11.3 Å². The Morgan fingerprint density at radius 2 is 2.56 bits per heavy atom. The van der Waals surface area contributed by atoms with E-state index in [0.717, 1.165) is 30.2 Å². The third-order valence-electron chi connectivity index (χ3n) is 3.01. The molecule has 0 radical (unpaired) electrons. The molecule has 1 saturated heterocycles. The molecular formula is C11H17N3OS. The van der Waals surface area contributed by atoms with E-state index in [-0.39, 0.29) is 11.3 Å². The van der Waals surface area contributed by atoms with Gasteiger partial charge in [-0.25, -0.2) is 4.98 Å². The van der Waals surface area contributed by atoms with E-state index >= 15 is 0 Å². The number of carbonyl (C=O) groups excluding carboxylic acids is 1. The smallest absolute Gasteiger partial charge is 0.227 e. The third kappa shape index (κ3) is 2.41. The zero-order valence-electron chi connectivity index (χ0n) is 9.67. The highest BCUT2D eigenvalue weighted by Gasteiger charge is 2.35. The molecule has 88 valence electrons.